The number of hydrogen-bond acceptors (Lipinski definition) is 9. The molecule has 2 aliphatic rings. The number of anilines is 1. The summed E-state index contributed by atoms with van der Waals surface area (Å²) in [5.41, 5.74) is 0.233. The van der Waals surface area contributed by atoms with Crippen LogP contribution in [-0.2, 0) is 29.1 Å². The number of halogens is 1. The summed E-state index contributed by atoms with van der Waals surface area (Å²) >= 11 is 0.673. The van der Waals surface area contributed by atoms with Crippen LogP contribution in [0, 0.1) is 5.13 Å². The number of aromatic nitrogens is 1. The molecule has 34 heavy (non-hydrogen) atoms. The van der Waals surface area contributed by atoms with E-state index in [1.807, 2.05) is 13.8 Å². The van der Waals surface area contributed by atoms with Crippen LogP contribution in [0.25, 0.3) is 0 Å². The van der Waals surface area contributed by atoms with E-state index in [1.165, 1.54) is 28.6 Å². The molecule has 0 aliphatic carbocycles. The summed E-state index contributed by atoms with van der Waals surface area (Å²) in [5.74, 6) is -0.667. The summed E-state index contributed by atoms with van der Waals surface area (Å²) in [4.78, 5) is 22.2. The summed E-state index contributed by atoms with van der Waals surface area (Å²) < 4.78 is 51.8. The molecular weight excluding hydrogens is 487 g/mol. The molecule has 184 valence electrons. The van der Waals surface area contributed by atoms with Crippen LogP contribution in [-0.4, -0.2) is 73.9 Å². The largest absolute Gasteiger partial charge is 0.389 e. The Balaban J connectivity index is 1.57. The monoisotopic (exact) mass is 512 g/mol. The van der Waals surface area contributed by atoms with Gasteiger partial charge in [0.1, 0.15) is 0 Å². The summed E-state index contributed by atoms with van der Waals surface area (Å²) in [6.07, 6.45) is 0.894. The number of thiazole rings is 1. The SMILES string of the molecule is C[C@@H]1CN(S(=O)(=O)c2ccc(/C(=N\O[C@@H]3CCOC3)C(=O)Nc3ncc(F)s3)cc2)C[C@H](C)O1. The van der Waals surface area contributed by atoms with E-state index in [-0.39, 0.29) is 47.1 Å². The molecule has 2 fully saturated rings. The van der Waals surface area contributed by atoms with Crippen LogP contribution in [0.1, 0.15) is 25.8 Å². The molecule has 3 heterocycles. The van der Waals surface area contributed by atoms with E-state index in [1.54, 1.807) is 0 Å². The highest BCUT2D eigenvalue weighted by molar-refractivity contribution is 7.89. The van der Waals surface area contributed by atoms with Crippen molar-refractivity contribution in [2.24, 2.45) is 5.16 Å². The molecule has 10 nitrogen and oxygen atoms in total. The van der Waals surface area contributed by atoms with Crippen molar-refractivity contribution in [2.75, 3.05) is 31.6 Å². The van der Waals surface area contributed by atoms with Crippen molar-refractivity contribution in [3.8, 4) is 0 Å². The zero-order valence-electron chi connectivity index (χ0n) is 18.6. The van der Waals surface area contributed by atoms with Gasteiger partial charge in [0.15, 0.2) is 22.1 Å². The average Bonchev–Trinajstić information content (AvgIpc) is 3.45. The van der Waals surface area contributed by atoms with E-state index < -0.39 is 21.1 Å². The molecule has 3 atom stereocenters. The maximum absolute atomic E-state index is 13.3. The van der Waals surface area contributed by atoms with Crippen molar-refractivity contribution < 1.29 is 31.9 Å². The quantitative estimate of drug-likeness (QED) is 0.446. The van der Waals surface area contributed by atoms with E-state index in [9.17, 15) is 17.6 Å². The zero-order chi connectivity index (χ0) is 24.3. The number of ether oxygens (including phenoxy) is 2. The van der Waals surface area contributed by atoms with Gasteiger partial charge in [0.05, 0.1) is 36.5 Å². The second-order valence-corrected chi connectivity index (χ2v) is 11.0. The summed E-state index contributed by atoms with van der Waals surface area (Å²) in [7, 11) is -3.75. The number of morpholine rings is 1. The lowest BCUT2D eigenvalue weighted by atomic mass is 10.1. The average molecular weight is 513 g/mol. The van der Waals surface area contributed by atoms with Gasteiger partial charge in [-0.05, 0) is 26.0 Å². The maximum Gasteiger partial charge on any atom is 0.280 e. The van der Waals surface area contributed by atoms with Crippen molar-refractivity contribution in [3.05, 3.63) is 41.2 Å². The third-order valence-electron chi connectivity index (χ3n) is 5.25. The van der Waals surface area contributed by atoms with Crippen LogP contribution < -0.4 is 5.32 Å². The van der Waals surface area contributed by atoms with Gasteiger partial charge in [-0.2, -0.15) is 8.70 Å². The van der Waals surface area contributed by atoms with Gasteiger partial charge in [-0.15, -0.1) is 0 Å². The number of oxime groups is 1. The Morgan fingerprint density at radius 2 is 1.97 bits per heavy atom. The Morgan fingerprint density at radius 3 is 2.56 bits per heavy atom. The van der Waals surface area contributed by atoms with Gasteiger partial charge in [0.2, 0.25) is 10.0 Å². The predicted molar refractivity (Wildman–Crippen MR) is 123 cm³/mol. The van der Waals surface area contributed by atoms with Crippen LogP contribution in [0.15, 0.2) is 40.5 Å². The Hall–Kier alpha value is -2.45. The molecule has 1 amide bonds. The lowest BCUT2D eigenvalue weighted by Crippen LogP contribution is -2.48. The Kier molecular flexibility index (Phi) is 7.57. The standard InChI is InChI=1S/C21H25FN4O6S2/c1-13-10-26(11-14(2)31-13)34(28,29)17-5-3-15(4-6-17)19(25-32-16-7-8-30-12-16)20(27)24-21-23-9-18(22)33-21/h3-6,9,13-14,16H,7-8,10-12H2,1-2H3,(H,23,24,27)/b25-19+/t13-,14+,16-/m1/s1. The van der Waals surface area contributed by atoms with Gasteiger partial charge in [-0.1, -0.05) is 28.6 Å². The van der Waals surface area contributed by atoms with E-state index >= 15 is 0 Å². The molecule has 2 saturated heterocycles. The molecule has 0 saturated carbocycles. The lowest BCUT2D eigenvalue weighted by Gasteiger charge is -2.34. The number of hydrogen-bond donors (Lipinski definition) is 1. The first-order valence-corrected chi connectivity index (χ1v) is 13.0. The van der Waals surface area contributed by atoms with Crippen molar-refractivity contribution in [3.63, 3.8) is 0 Å². The van der Waals surface area contributed by atoms with E-state index in [2.05, 4.69) is 15.5 Å². The number of amides is 1. The smallest absolute Gasteiger partial charge is 0.280 e. The number of rotatable bonds is 7. The van der Waals surface area contributed by atoms with Gasteiger partial charge < -0.3 is 14.3 Å². The number of carbonyl (C=O) groups is 1. The first kappa shape index (κ1) is 24.7. The van der Waals surface area contributed by atoms with E-state index in [0.29, 0.717) is 36.5 Å². The number of carbonyl (C=O) groups excluding carboxylic acids is 1. The van der Waals surface area contributed by atoms with Gasteiger partial charge in [0, 0.05) is 25.1 Å². The first-order chi connectivity index (χ1) is 16.2. The summed E-state index contributed by atoms with van der Waals surface area (Å²) in [6.45, 7) is 5.05. The number of nitrogens with zero attached hydrogens (tertiary/aromatic N) is 3. The molecule has 0 bridgehead atoms. The first-order valence-electron chi connectivity index (χ1n) is 10.7. The van der Waals surface area contributed by atoms with Gasteiger partial charge >= 0.3 is 0 Å². The normalized spacial score (nSPS) is 24.2. The molecular formula is C21H25FN4O6S2. The maximum atomic E-state index is 13.3. The van der Waals surface area contributed by atoms with Gasteiger partial charge in [-0.25, -0.2) is 13.4 Å². The molecule has 13 heteroatoms. The van der Waals surface area contributed by atoms with Crippen molar-refractivity contribution in [1.82, 2.24) is 9.29 Å². The zero-order valence-corrected chi connectivity index (χ0v) is 20.3. The minimum Gasteiger partial charge on any atom is -0.389 e. The molecule has 0 spiro atoms. The highest BCUT2D eigenvalue weighted by Crippen LogP contribution is 2.22. The molecule has 2 aliphatic heterocycles. The number of nitrogens with one attached hydrogen (secondary N) is 1. The van der Waals surface area contributed by atoms with Crippen LogP contribution in [0.2, 0.25) is 0 Å². The highest BCUT2D eigenvalue weighted by Gasteiger charge is 2.32. The Morgan fingerprint density at radius 1 is 1.26 bits per heavy atom. The highest BCUT2D eigenvalue weighted by atomic mass is 32.2. The minimum atomic E-state index is -3.75. The van der Waals surface area contributed by atoms with E-state index in [4.69, 9.17) is 14.3 Å². The van der Waals surface area contributed by atoms with Crippen molar-refractivity contribution in [1.29, 1.82) is 0 Å². The van der Waals surface area contributed by atoms with Gasteiger partial charge in [-0.3, -0.25) is 10.1 Å². The van der Waals surface area contributed by atoms with Gasteiger partial charge in [0.25, 0.3) is 5.91 Å². The van der Waals surface area contributed by atoms with Crippen LogP contribution in [0.5, 0.6) is 0 Å². The minimum absolute atomic E-state index is 0.0640. The second kappa shape index (κ2) is 10.4. The molecule has 2 aromatic rings. The Labute approximate surface area is 200 Å². The van der Waals surface area contributed by atoms with Crippen LogP contribution in [0.3, 0.4) is 0 Å². The number of benzene rings is 1. The van der Waals surface area contributed by atoms with E-state index in [0.717, 1.165) is 6.20 Å². The molecule has 0 unspecified atom stereocenters. The molecule has 0 radical (unpaired) electrons. The Bertz CT molecular complexity index is 1140. The number of sulfonamides is 1. The van der Waals surface area contributed by atoms with Crippen molar-refractivity contribution >= 4 is 38.1 Å². The fraction of sp³-hybridized carbons (Fsp3) is 0.476. The third kappa shape index (κ3) is 5.78. The molecule has 1 aromatic carbocycles. The topological polar surface area (TPSA) is 119 Å². The molecule has 1 aromatic heterocycles. The molecule has 1 N–H and O–H groups in total. The summed E-state index contributed by atoms with van der Waals surface area (Å²) in [6, 6.07) is 5.80. The predicted octanol–water partition coefficient (Wildman–Crippen LogP) is 2.23. The van der Waals surface area contributed by atoms with Crippen LogP contribution >= 0.6 is 11.3 Å². The lowest BCUT2D eigenvalue weighted by molar-refractivity contribution is -0.110. The fourth-order valence-electron chi connectivity index (χ4n) is 3.68. The molecule has 4 rings (SSSR count). The van der Waals surface area contributed by atoms with Crippen molar-refractivity contribution in [2.45, 2.75) is 43.5 Å². The fourth-order valence-corrected chi connectivity index (χ4v) is 5.81. The second-order valence-electron chi connectivity index (χ2n) is 8.06. The van der Waals surface area contributed by atoms with Crippen LogP contribution in [0.4, 0.5) is 9.52 Å². The summed E-state index contributed by atoms with van der Waals surface area (Å²) in [5, 5.41) is 6.02. The third-order valence-corrected chi connectivity index (χ3v) is 7.79.